The highest BCUT2D eigenvalue weighted by atomic mass is 32.2. The van der Waals surface area contributed by atoms with E-state index in [1.54, 1.807) is 0 Å². The third-order valence-corrected chi connectivity index (χ3v) is 6.90. The van der Waals surface area contributed by atoms with Gasteiger partial charge in [-0.05, 0) is 50.7 Å². The van der Waals surface area contributed by atoms with Crippen LogP contribution in [0, 0.1) is 16.0 Å². The number of amides is 1. The molecule has 0 bridgehead atoms. The van der Waals surface area contributed by atoms with Gasteiger partial charge >= 0.3 is 0 Å². The maximum atomic E-state index is 13.1. The largest absolute Gasteiger partial charge is 0.352 e. The maximum absolute atomic E-state index is 13.1. The number of carbonyl (C=O) groups excluding carboxylic acids is 1. The average molecular weight is 412 g/mol. The molecule has 0 radical (unpaired) electrons. The predicted octanol–water partition coefficient (Wildman–Crippen LogP) is 3.08. The first-order valence-corrected chi connectivity index (χ1v) is 11.1. The van der Waals surface area contributed by atoms with Gasteiger partial charge < -0.3 is 5.32 Å². The Morgan fingerprint density at radius 3 is 2.43 bits per heavy atom. The number of piperidine rings is 1. The van der Waals surface area contributed by atoms with Gasteiger partial charge in [0.1, 0.15) is 6.04 Å². The summed E-state index contributed by atoms with van der Waals surface area (Å²) < 4.78 is 27.4. The molecule has 0 spiro atoms. The third kappa shape index (κ3) is 5.51. The molecule has 156 valence electrons. The molecule has 1 aliphatic rings. The Balaban J connectivity index is 2.16. The molecule has 2 atom stereocenters. The van der Waals surface area contributed by atoms with Gasteiger partial charge in [-0.15, -0.1) is 0 Å². The van der Waals surface area contributed by atoms with Gasteiger partial charge in [0.05, 0.1) is 9.82 Å². The first kappa shape index (κ1) is 22.3. The zero-order valence-electron chi connectivity index (χ0n) is 16.6. The lowest BCUT2D eigenvalue weighted by Crippen LogP contribution is -2.53. The van der Waals surface area contributed by atoms with Crippen LogP contribution in [-0.4, -0.2) is 42.2 Å². The lowest BCUT2D eigenvalue weighted by molar-refractivity contribution is -0.384. The minimum Gasteiger partial charge on any atom is -0.352 e. The minimum absolute atomic E-state index is 0.0271. The van der Waals surface area contributed by atoms with Crippen molar-refractivity contribution < 1.29 is 18.1 Å². The van der Waals surface area contributed by atoms with Crippen LogP contribution in [0.3, 0.4) is 0 Å². The molecular formula is C19H29N3O5S. The lowest BCUT2D eigenvalue weighted by Gasteiger charge is -2.34. The number of sulfonamides is 1. The Morgan fingerprint density at radius 1 is 1.21 bits per heavy atom. The van der Waals surface area contributed by atoms with E-state index in [4.69, 9.17) is 0 Å². The van der Waals surface area contributed by atoms with Crippen LogP contribution >= 0.6 is 0 Å². The standard InChI is InChI=1S/C19H29N3O5S/c1-14(2)7-8-15(3)20-19(23)18-6-4-5-13-21(18)28(26,27)17-11-9-16(10-12-17)22(24)25/h9-12,14-15,18H,4-8,13H2,1-3H3,(H,20,23)/t15-,18+/m1/s1. The van der Waals surface area contributed by atoms with E-state index in [1.165, 1.54) is 28.6 Å². The SMILES string of the molecule is CC(C)CC[C@@H](C)NC(=O)[C@@H]1CCCCN1S(=O)(=O)c1ccc([N+](=O)[O-])cc1. The Labute approximate surface area is 166 Å². The van der Waals surface area contributed by atoms with Crippen LogP contribution in [0.1, 0.15) is 52.9 Å². The van der Waals surface area contributed by atoms with Gasteiger partial charge in [0.15, 0.2) is 0 Å². The minimum atomic E-state index is -3.91. The Bertz CT molecular complexity index is 792. The van der Waals surface area contributed by atoms with Crippen molar-refractivity contribution in [3.8, 4) is 0 Å². The van der Waals surface area contributed by atoms with Gasteiger partial charge in [-0.1, -0.05) is 20.3 Å². The van der Waals surface area contributed by atoms with E-state index in [0.717, 1.165) is 19.3 Å². The molecule has 0 saturated carbocycles. The molecule has 0 aromatic heterocycles. The summed E-state index contributed by atoms with van der Waals surface area (Å²) >= 11 is 0. The van der Waals surface area contributed by atoms with Gasteiger partial charge in [-0.3, -0.25) is 14.9 Å². The number of nitrogens with one attached hydrogen (secondary N) is 1. The average Bonchev–Trinajstić information content (AvgIpc) is 2.66. The molecule has 0 unspecified atom stereocenters. The van der Waals surface area contributed by atoms with Crippen LogP contribution in [0.5, 0.6) is 0 Å². The summed E-state index contributed by atoms with van der Waals surface area (Å²) in [7, 11) is -3.91. The molecule has 1 fully saturated rings. The predicted molar refractivity (Wildman–Crippen MR) is 106 cm³/mol. The molecule has 9 heteroatoms. The summed E-state index contributed by atoms with van der Waals surface area (Å²) in [5.74, 6) is 0.259. The first-order valence-electron chi connectivity index (χ1n) is 9.69. The highest BCUT2D eigenvalue weighted by Gasteiger charge is 2.38. The quantitative estimate of drug-likeness (QED) is 0.522. The van der Waals surface area contributed by atoms with E-state index >= 15 is 0 Å². The van der Waals surface area contributed by atoms with Crippen LogP contribution in [-0.2, 0) is 14.8 Å². The lowest BCUT2D eigenvalue weighted by atomic mass is 10.0. The van der Waals surface area contributed by atoms with Gasteiger partial charge in [0.2, 0.25) is 15.9 Å². The molecule has 1 aromatic rings. The van der Waals surface area contributed by atoms with E-state index in [-0.39, 0.29) is 29.1 Å². The van der Waals surface area contributed by atoms with Crippen LogP contribution < -0.4 is 5.32 Å². The fraction of sp³-hybridized carbons (Fsp3) is 0.632. The molecular weight excluding hydrogens is 382 g/mol. The van der Waals surface area contributed by atoms with Crippen LogP contribution in [0.25, 0.3) is 0 Å². The number of nitro benzene ring substituents is 1. The van der Waals surface area contributed by atoms with Crippen molar-refractivity contribution >= 4 is 21.6 Å². The van der Waals surface area contributed by atoms with Crippen LogP contribution in [0.4, 0.5) is 5.69 Å². The number of non-ortho nitro benzene ring substituents is 1. The van der Waals surface area contributed by atoms with Gasteiger partial charge in [0, 0.05) is 24.7 Å². The number of hydrogen-bond donors (Lipinski definition) is 1. The summed E-state index contributed by atoms with van der Waals surface area (Å²) in [6.45, 7) is 6.43. The number of benzene rings is 1. The summed E-state index contributed by atoms with van der Waals surface area (Å²) in [5, 5.41) is 13.7. The smallest absolute Gasteiger partial charge is 0.269 e. The molecule has 2 rings (SSSR count). The van der Waals surface area contributed by atoms with Crippen molar-refractivity contribution in [1.82, 2.24) is 9.62 Å². The van der Waals surface area contributed by atoms with Crippen LogP contribution in [0.2, 0.25) is 0 Å². The van der Waals surface area contributed by atoms with E-state index in [2.05, 4.69) is 19.2 Å². The second kappa shape index (κ2) is 9.47. The van der Waals surface area contributed by atoms with Gasteiger partial charge in [0.25, 0.3) is 5.69 Å². The normalized spacial score (nSPS) is 19.4. The molecule has 1 saturated heterocycles. The molecule has 28 heavy (non-hydrogen) atoms. The maximum Gasteiger partial charge on any atom is 0.269 e. The molecule has 0 aliphatic carbocycles. The zero-order chi connectivity index (χ0) is 20.9. The highest BCUT2D eigenvalue weighted by Crippen LogP contribution is 2.27. The Kier molecular flexibility index (Phi) is 7.54. The molecule has 1 amide bonds. The van der Waals surface area contributed by atoms with Gasteiger partial charge in [-0.25, -0.2) is 8.42 Å². The summed E-state index contributed by atoms with van der Waals surface area (Å²) in [6.07, 6.45) is 3.75. The van der Waals surface area contributed by atoms with Gasteiger partial charge in [-0.2, -0.15) is 4.31 Å². The van der Waals surface area contributed by atoms with Crippen molar-refractivity contribution in [1.29, 1.82) is 0 Å². The van der Waals surface area contributed by atoms with Crippen LogP contribution in [0.15, 0.2) is 29.2 Å². The summed E-state index contributed by atoms with van der Waals surface area (Å²) in [4.78, 5) is 23.0. The number of nitro groups is 1. The molecule has 1 aromatic carbocycles. The van der Waals surface area contributed by atoms with Crippen molar-refractivity contribution in [3.63, 3.8) is 0 Å². The Morgan fingerprint density at radius 2 is 1.86 bits per heavy atom. The van der Waals surface area contributed by atoms with Crippen molar-refractivity contribution in [2.75, 3.05) is 6.54 Å². The molecule has 1 N–H and O–H groups in total. The molecule has 1 aliphatic heterocycles. The molecule has 1 heterocycles. The summed E-state index contributed by atoms with van der Waals surface area (Å²) in [6, 6.07) is 4.00. The fourth-order valence-corrected chi connectivity index (χ4v) is 4.98. The van der Waals surface area contributed by atoms with E-state index < -0.39 is 21.0 Å². The van der Waals surface area contributed by atoms with Crippen molar-refractivity contribution in [2.45, 2.75) is 69.9 Å². The Hall–Kier alpha value is -2.00. The summed E-state index contributed by atoms with van der Waals surface area (Å²) in [5.41, 5.74) is -0.175. The number of rotatable bonds is 8. The number of hydrogen-bond acceptors (Lipinski definition) is 5. The van der Waals surface area contributed by atoms with E-state index in [0.29, 0.717) is 18.8 Å². The second-order valence-corrected chi connectivity index (χ2v) is 9.65. The van der Waals surface area contributed by atoms with E-state index in [1.807, 2.05) is 6.92 Å². The number of carbonyl (C=O) groups is 1. The molecule has 8 nitrogen and oxygen atoms in total. The highest BCUT2D eigenvalue weighted by molar-refractivity contribution is 7.89. The van der Waals surface area contributed by atoms with Crippen molar-refractivity contribution in [2.24, 2.45) is 5.92 Å². The first-order chi connectivity index (χ1) is 13.1. The van der Waals surface area contributed by atoms with Crippen molar-refractivity contribution in [3.05, 3.63) is 34.4 Å². The number of nitrogens with zero attached hydrogens (tertiary/aromatic N) is 2. The third-order valence-electron chi connectivity index (χ3n) is 4.98. The second-order valence-electron chi connectivity index (χ2n) is 7.76. The van der Waals surface area contributed by atoms with E-state index in [9.17, 15) is 23.3 Å². The monoisotopic (exact) mass is 411 g/mol. The zero-order valence-corrected chi connectivity index (χ0v) is 17.4. The fourth-order valence-electron chi connectivity index (χ4n) is 3.32. The topological polar surface area (TPSA) is 110 Å².